The number of nitrogens with two attached hydrogens (primary N) is 1. The van der Waals surface area contributed by atoms with Crippen molar-refractivity contribution < 1.29 is 16.7 Å². The molecule has 0 saturated carbocycles. The van der Waals surface area contributed by atoms with E-state index in [1.54, 1.807) is 0 Å². The molecule has 0 fully saturated rings. The monoisotopic (exact) mass is 331 g/mol. The molecule has 4 nitrogen and oxygen atoms in total. The molecule has 7 heteroatoms. The molecule has 1 unspecified atom stereocenters. The van der Waals surface area contributed by atoms with Gasteiger partial charge >= 0.3 is 7.60 Å². The second kappa shape index (κ2) is 4.67. The average Bonchev–Trinajstić information content (AvgIpc) is 2.18. The first kappa shape index (κ1) is 12.1. The highest BCUT2D eigenvalue weighted by atomic mass is 127. The predicted octanol–water partition coefficient (Wildman–Crippen LogP) is 1.46. The van der Waals surface area contributed by atoms with Crippen LogP contribution in [-0.4, -0.2) is 4.89 Å². The zero-order valence-corrected chi connectivity index (χ0v) is 10.0. The highest BCUT2D eigenvalue weighted by Gasteiger charge is 2.26. The van der Waals surface area contributed by atoms with Gasteiger partial charge < -0.3 is 10.6 Å². The molecule has 1 aromatic carbocycles. The van der Waals surface area contributed by atoms with Gasteiger partial charge in [-0.2, -0.15) is 0 Å². The van der Waals surface area contributed by atoms with E-state index in [9.17, 15) is 13.8 Å². The fourth-order valence-electron chi connectivity index (χ4n) is 0.939. The smallest absolute Gasteiger partial charge is 0.326 e. The summed E-state index contributed by atoms with van der Waals surface area (Å²) in [7, 11) is -4.05. The van der Waals surface area contributed by atoms with Crippen molar-refractivity contribution in [3.05, 3.63) is 29.6 Å². The zero-order chi connectivity index (χ0) is 10.8. The number of benzene rings is 1. The molecule has 3 N–H and O–H groups in total. The van der Waals surface area contributed by atoms with E-state index in [0.717, 1.165) is 6.07 Å². The minimum Gasteiger partial charge on any atom is -0.326 e. The summed E-state index contributed by atoms with van der Waals surface area (Å²) in [6, 6.07) is 3.77. The zero-order valence-electron chi connectivity index (χ0n) is 6.98. The summed E-state index contributed by atoms with van der Waals surface area (Å²) in [6.45, 7) is 0.175. The van der Waals surface area contributed by atoms with E-state index >= 15 is 0 Å². The van der Waals surface area contributed by atoms with Crippen LogP contribution >= 0.6 is 30.6 Å². The van der Waals surface area contributed by atoms with Gasteiger partial charge in [0.2, 0.25) is 0 Å². The van der Waals surface area contributed by atoms with E-state index in [1.807, 2.05) is 0 Å². The third kappa shape index (κ3) is 2.52. The Morgan fingerprint density at radius 2 is 2.29 bits per heavy atom. The van der Waals surface area contributed by atoms with E-state index in [0.29, 0.717) is 5.56 Å². The summed E-state index contributed by atoms with van der Waals surface area (Å²) in [5, 5.41) is -0.352. The second-order valence-electron chi connectivity index (χ2n) is 2.58. The Balaban J connectivity index is 3.26. The molecule has 0 aromatic heterocycles. The van der Waals surface area contributed by atoms with Crippen LogP contribution in [-0.2, 0) is 14.0 Å². The van der Waals surface area contributed by atoms with Crippen LogP contribution in [0.4, 0.5) is 4.39 Å². The van der Waals surface area contributed by atoms with E-state index < -0.39 is 13.4 Å². The fourth-order valence-corrected chi connectivity index (χ4v) is 2.32. The lowest BCUT2D eigenvalue weighted by Crippen LogP contribution is -2.12. The van der Waals surface area contributed by atoms with Crippen LogP contribution in [0.1, 0.15) is 5.56 Å². The average molecular weight is 331 g/mol. The minimum atomic E-state index is -4.05. The largest absolute Gasteiger partial charge is 0.371 e. The fraction of sp³-hybridized carbons (Fsp3) is 0.143. The molecule has 0 aliphatic rings. The molecule has 0 radical (unpaired) electrons. The van der Waals surface area contributed by atoms with Gasteiger partial charge in [0.05, 0.1) is 0 Å². The lowest BCUT2D eigenvalue weighted by Gasteiger charge is -2.09. The summed E-state index contributed by atoms with van der Waals surface area (Å²) in [5.74, 6) is -0.773. The lowest BCUT2D eigenvalue weighted by atomic mass is 10.2. The van der Waals surface area contributed by atoms with Crippen molar-refractivity contribution in [2.45, 2.75) is 6.54 Å². The Labute approximate surface area is 94.5 Å². The molecule has 0 spiro atoms. The second-order valence-corrected chi connectivity index (χ2v) is 5.42. The SMILES string of the molecule is NCc1ccc(F)c(P(=O)(O)OI)c1. The third-order valence-electron chi connectivity index (χ3n) is 1.64. The van der Waals surface area contributed by atoms with Crippen molar-refractivity contribution in [3.8, 4) is 0 Å². The van der Waals surface area contributed by atoms with Crippen LogP contribution < -0.4 is 11.0 Å². The quantitative estimate of drug-likeness (QED) is 0.650. The molecule has 1 atom stereocenters. The van der Waals surface area contributed by atoms with Crippen molar-refractivity contribution in [2.24, 2.45) is 5.73 Å². The maximum absolute atomic E-state index is 13.1. The van der Waals surface area contributed by atoms with Crippen molar-refractivity contribution in [2.75, 3.05) is 0 Å². The molecule has 0 aliphatic carbocycles. The number of hydrogen-bond acceptors (Lipinski definition) is 3. The summed E-state index contributed by atoms with van der Waals surface area (Å²) in [5.41, 5.74) is 5.89. The van der Waals surface area contributed by atoms with Crippen LogP contribution in [0.25, 0.3) is 0 Å². The van der Waals surface area contributed by atoms with Crippen LogP contribution in [0.15, 0.2) is 18.2 Å². The van der Waals surface area contributed by atoms with Crippen molar-refractivity contribution in [3.63, 3.8) is 0 Å². The van der Waals surface area contributed by atoms with Gasteiger partial charge in [-0.1, -0.05) is 6.07 Å². The Morgan fingerprint density at radius 3 is 2.79 bits per heavy atom. The predicted molar refractivity (Wildman–Crippen MR) is 58.9 cm³/mol. The van der Waals surface area contributed by atoms with Gasteiger partial charge in [-0.05, 0) is 17.7 Å². The molecule has 0 heterocycles. The summed E-state index contributed by atoms with van der Waals surface area (Å²) < 4.78 is 28.8. The minimum absolute atomic E-state index is 0.175. The molecular formula is C7H8FINO3P. The molecule has 1 rings (SSSR count). The number of rotatable bonds is 3. The lowest BCUT2D eigenvalue weighted by molar-refractivity contribution is 0.427. The Kier molecular flexibility index (Phi) is 4.03. The molecule has 0 saturated heterocycles. The van der Waals surface area contributed by atoms with Gasteiger partial charge in [0.15, 0.2) is 0 Å². The van der Waals surface area contributed by atoms with Gasteiger partial charge in [0.25, 0.3) is 0 Å². The standard InChI is InChI=1S/C7H8FINO3P/c8-6-2-1-5(4-10)3-7(6)14(11,12)13-9/h1-3H,4,10H2,(H,11,12). The molecule has 0 amide bonds. The van der Waals surface area contributed by atoms with E-state index in [-0.39, 0.29) is 11.8 Å². The van der Waals surface area contributed by atoms with E-state index in [4.69, 9.17) is 5.73 Å². The van der Waals surface area contributed by atoms with Gasteiger partial charge in [0.1, 0.15) is 34.1 Å². The Bertz CT molecular complexity index is 387. The van der Waals surface area contributed by atoms with Gasteiger partial charge in [-0.15, -0.1) is 0 Å². The Morgan fingerprint density at radius 1 is 1.64 bits per heavy atom. The maximum Gasteiger partial charge on any atom is 0.371 e. The summed E-state index contributed by atoms with van der Waals surface area (Å²) >= 11 is 1.26. The number of halogens is 2. The third-order valence-corrected chi connectivity index (χ3v) is 4.38. The Hall–Kier alpha value is -0.0100. The molecule has 1 aromatic rings. The van der Waals surface area contributed by atoms with E-state index in [2.05, 4.69) is 2.85 Å². The molecule has 78 valence electrons. The summed E-state index contributed by atoms with van der Waals surface area (Å²) in [6.07, 6.45) is 0. The van der Waals surface area contributed by atoms with Crippen LogP contribution in [0.2, 0.25) is 0 Å². The first-order valence-corrected chi connectivity index (χ1v) is 6.09. The van der Waals surface area contributed by atoms with Gasteiger partial charge in [-0.3, -0.25) is 4.57 Å². The highest BCUT2D eigenvalue weighted by Crippen LogP contribution is 2.43. The van der Waals surface area contributed by atoms with Crippen LogP contribution in [0, 0.1) is 5.82 Å². The molecule has 0 aliphatic heterocycles. The number of hydrogen-bond donors (Lipinski definition) is 2. The van der Waals surface area contributed by atoms with Gasteiger partial charge in [-0.25, -0.2) is 7.24 Å². The first-order chi connectivity index (χ1) is 6.51. The summed E-state index contributed by atoms with van der Waals surface area (Å²) in [4.78, 5) is 9.24. The maximum atomic E-state index is 13.1. The van der Waals surface area contributed by atoms with Crippen molar-refractivity contribution in [1.82, 2.24) is 0 Å². The first-order valence-electron chi connectivity index (χ1n) is 3.63. The van der Waals surface area contributed by atoms with Crippen molar-refractivity contribution >= 4 is 35.9 Å². The van der Waals surface area contributed by atoms with Crippen LogP contribution in [0.3, 0.4) is 0 Å². The van der Waals surface area contributed by atoms with Crippen LogP contribution in [0.5, 0.6) is 0 Å². The van der Waals surface area contributed by atoms with Crippen molar-refractivity contribution in [1.29, 1.82) is 0 Å². The molecule has 0 bridgehead atoms. The highest BCUT2D eigenvalue weighted by molar-refractivity contribution is 14.1. The topological polar surface area (TPSA) is 72.6 Å². The molecular weight excluding hydrogens is 323 g/mol. The van der Waals surface area contributed by atoms with Gasteiger partial charge in [0, 0.05) is 6.54 Å². The molecule has 14 heavy (non-hydrogen) atoms. The normalized spacial score (nSPS) is 15.1. The van der Waals surface area contributed by atoms with E-state index in [1.165, 1.54) is 35.1 Å².